The molecule has 24 heavy (non-hydrogen) atoms. The van der Waals surface area contributed by atoms with Crippen LogP contribution >= 0.6 is 0 Å². The van der Waals surface area contributed by atoms with Gasteiger partial charge < -0.3 is 15.4 Å². The molecule has 2 N–H and O–H groups in total. The third-order valence-electron chi connectivity index (χ3n) is 5.13. The molecule has 126 valence electrons. The van der Waals surface area contributed by atoms with Crippen LogP contribution in [0.2, 0.25) is 0 Å². The van der Waals surface area contributed by atoms with Crippen LogP contribution < -0.4 is 15.4 Å². The average Bonchev–Trinajstić information content (AvgIpc) is 2.57. The number of rotatable bonds is 3. The molecule has 2 atom stereocenters. The quantitative estimate of drug-likeness (QED) is 0.687. The van der Waals surface area contributed by atoms with E-state index in [1.54, 1.807) is 7.11 Å². The highest BCUT2D eigenvalue weighted by Gasteiger charge is 2.46. The standard InChI is InChI=1S/C20H24N2O2/c1-11-6-7-15(9-17(11)21)19-14(4)20(23)22(19)16-8-12(2)13(3)18(10-16)24-5/h6-10,14,19H,21H2,1-5H3/t14-,19+/m0/s1. The summed E-state index contributed by atoms with van der Waals surface area (Å²) in [6, 6.07) is 10.0. The van der Waals surface area contributed by atoms with E-state index in [0.717, 1.165) is 39.4 Å². The van der Waals surface area contributed by atoms with Crippen LogP contribution in [0, 0.1) is 26.7 Å². The van der Waals surface area contributed by atoms with Crippen LogP contribution in [0.4, 0.5) is 11.4 Å². The fourth-order valence-corrected chi connectivity index (χ4v) is 3.36. The summed E-state index contributed by atoms with van der Waals surface area (Å²) in [6.45, 7) is 8.02. The number of nitrogens with two attached hydrogens (primary N) is 1. The fourth-order valence-electron chi connectivity index (χ4n) is 3.36. The molecule has 1 heterocycles. The molecule has 2 aromatic carbocycles. The van der Waals surface area contributed by atoms with Crippen molar-refractivity contribution in [2.24, 2.45) is 5.92 Å². The summed E-state index contributed by atoms with van der Waals surface area (Å²) in [4.78, 5) is 14.4. The molecule has 0 spiro atoms. The minimum absolute atomic E-state index is 0.00668. The van der Waals surface area contributed by atoms with Gasteiger partial charge in [-0.3, -0.25) is 4.79 Å². The van der Waals surface area contributed by atoms with Crippen LogP contribution in [0.15, 0.2) is 30.3 Å². The van der Waals surface area contributed by atoms with Crippen LogP contribution in [0.5, 0.6) is 5.75 Å². The Morgan fingerprint density at radius 1 is 1.08 bits per heavy atom. The van der Waals surface area contributed by atoms with Crippen molar-refractivity contribution in [3.05, 3.63) is 52.6 Å². The highest BCUT2D eigenvalue weighted by atomic mass is 16.5. The number of hydrogen-bond acceptors (Lipinski definition) is 3. The van der Waals surface area contributed by atoms with E-state index in [-0.39, 0.29) is 17.9 Å². The number of β-lactam (4-membered cyclic amide) rings is 1. The summed E-state index contributed by atoms with van der Waals surface area (Å²) in [6.07, 6.45) is 0. The van der Waals surface area contributed by atoms with E-state index in [1.807, 2.05) is 56.9 Å². The predicted molar refractivity (Wildman–Crippen MR) is 97.5 cm³/mol. The van der Waals surface area contributed by atoms with Crippen molar-refractivity contribution in [3.8, 4) is 5.75 Å². The molecule has 4 heteroatoms. The van der Waals surface area contributed by atoms with Gasteiger partial charge in [-0.1, -0.05) is 19.1 Å². The molecule has 1 saturated heterocycles. The lowest BCUT2D eigenvalue weighted by Gasteiger charge is -2.46. The van der Waals surface area contributed by atoms with Crippen LogP contribution in [-0.4, -0.2) is 13.0 Å². The van der Waals surface area contributed by atoms with Gasteiger partial charge in [0, 0.05) is 17.4 Å². The number of nitrogens with zero attached hydrogens (tertiary/aromatic N) is 1. The second kappa shape index (κ2) is 5.86. The van der Waals surface area contributed by atoms with Gasteiger partial charge in [-0.2, -0.15) is 0 Å². The molecule has 0 unspecified atom stereocenters. The van der Waals surface area contributed by atoms with Gasteiger partial charge in [-0.05, 0) is 55.2 Å². The number of ether oxygens (including phenoxy) is 1. The highest BCUT2D eigenvalue weighted by Crippen LogP contribution is 2.45. The number of anilines is 2. The number of carbonyl (C=O) groups excluding carboxylic acids is 1. The van der Waals surface area contributed by atoms with Crippen molar-refractivity contribution >= 4 is 17.3 Å². The van der Waals surface area contributed by atoms with E-state index in [2.05, 4.69) is 6.07 Å². The largest absolute Gasteiger partial charge is 0.496 e. The van der Waals surface area contributed by atoms with Crippen molar-refractivity contribution in [1.29, 1.82) is 0 Å². The normalized spacial score (nSPS) is 20.0. The van der Waals surface area contributed by atoms with Crippen molar-refractivity contribution in [2.45, 2.75) is 33.7 Å². The van der Waals surface area contributed by atoms with E-state index in [9.17, 15) is 4.79 Å². The maximum atomic E-state index is 12.5. The first kappa shape index (κ1) is 16.4. The lowest BCUT2D eigenvalue weighted by molar-refractivity contribution is -0.129. The lowest BCUT2D eigenvalue weighted by Crippen LogP contribution is -2.54. The molecule has 1 amide bonds. The van der Waals surface area contributed by atoms with Gasteiger partial charge in [-0.25, -0.2) is 0 Å². The van der Waals surface area contributed by atoms with Crippen molar-refractivity contribution < 1.29 is 9.53 Å². The molecule has 0 aromatic heterocycles. The van der Waals surface area contributed by atoms with Gasteiger partial charge in [0.25, 0.3) is 0 Å². The number of aryl methyl sites for hydroxylation is 2. The maximum absolute atomic E-state index is 12.5. The van der Waals surface area contributed by atoms with Gasteiger partial charge >= 0.3 is 0 Å². The lowest BCUT2D eigenvalue weighted by atomic mass is 9.82. The van der Waals surface area contributed by atoms with Crippen LogP contribution in [-0.2, 0) is 4.79 Å². The Morgan fingerprint density at radius 3 is 2.42 bits per heavy atom. The molecule has 0 aliphatic carbocycles. The highest BCUT2D eigenvalue weighted by molar-refractivity contribution is 6.03. The molecule has 1 aliphatic rings. The Balaban J connectivity index is 2.04. The Labute approximate surface area is 143 Å². The summed E-state index contributed by atoms with van der Waals surface area (Å²) in [5.74, 6) is 0.878. The third-order valence-corrected chi connectivity index (χ3v) is 5.13. The molecule has 4 nitrogen and oxygen atoms in total. The summed E-state index contributed by atoms with van der Waals surface area (Å²) in [7, 11) is 1.66. The average molecular weight is 324 g/mol. The first-order valence-corrected chi connectivity index (χ1v) is 8.19. The Bertz CT molecular complexity index is 814. The first-order chi connectivity index (χ1) is 11.3. The Hall–Kier alpha value is -2.49. The summed E-state index contributed by atoms with van der Waals surface area (Å²) >= 11 is 0. The van der Waals surface area contributed by atoms with Gasteiger partial charge in [-0.15, -0.1) is 0 Å². The summed E-state index contributed by atoms with van der Waals surface area (Å²) < 4.78 is 5.47. The molecule has 0 radical (unpaired) electrons. The molecule has 0 saturated carbocycles. The molecular weight excluding hydrogens is 300 g/mol. The van der Waals surface area contributed by atoms with Gasteiger partial charge in [0.1, 0.15) is 5.75 Å². The van der Waals surface area contributed by atoms with Crippen LogP contribution in [0.3, 0.4) is 0 Å². The molecule has 3 rings (SSSR count). The minimum atomic E-state index is -0.0558. The molecule has 0 bridgehead atoms. The third kappa shape index (κ3) is 2.42. The Kier molecular flexibility index (Phi) is 3.99. The SMILES string of the molecule is COc1cc(N2C(=O)[C@@H](C)[C@@H]2c2ccc(C)c(N)c2)cc(C)c1C. The second-order valence-electron chi connectivity index (χ2n) is 6.65. The molecular formula is C20H24N2O2. The number of hydrogen-bond donors (Lipinski definition) is 1. The number of carbonyl (C=O) groups is 1. The Morgan fingerprint density at radius 2 is 1.79 bits per heavy atom. The van der Waals surface area contributed by atoms with Crippen molar-refractivity contribution in [3.63, 3.8) is 0 Å². The van der Waals surface area contributed by atoms with E-state index >= 15 is 0 Å². The summed E-state index contributed by atoms with van der Waals surface area (Å²) in [5.41, 5.74) is 12.0. The molecule has 1 fully saturated rings. The predicted octanol–water partition coefficient (Wildman–Crippen LogP) is 3.93. The smallest absolute Gasteiger partial charge is 0.232 e. The van der Waals surface area contributed by atoms with Crippen molar-refractivity contribution in [1.82, 2.24) is 0 Å². The van der Waals surface area contributed by atoms with Crippen LogP contribution in [0.1, 0.15) is 35.2 Å². The van der Waals surface area contributed by atoms with Crippen molar-refractivity contribution in [2.75, 3.05) is 17.7 Å². The topological polar surface area (TPSA) is 55.6 Å². The monoisotopic (exact) mass is 324 g/mol. The second-order valence-corrected chi connectivity index (χ2v) is 6.65. The van der Waals surface area contributed by atoms with E-state index in [4.69, 9.17) is 10.5 Å². The van der Waals surface area contributed by atoms with Crippen LogP contribution in [0.25, 0.3) is 0 Å². The number of nitrogen functional groups attached to an aromatic ring is 1. The zero-order chi connectivity index (χ0) is 17.6. The summed E-state index contributed by atoms with van der Waals surface area (Å²) in [5, 5.41) is 0. The zero-order valence-corrected chi connectivity index (χ0v) is 14.9. The number of methoxy groups -OCH3 is 1. The van der Waals surface area contributed by atoms with E-state index < -0.39 is 0 Å². The molecule has 2 aromatic rings. The van der Waals surface area contributed by atoms with E-state index in [0.29, 0.717) is 0 Å². The van der Waals surface area contributed by atoms with E-state index in [1.165, 1.54) is 0 Å². The minimum Gasteiger partial charge on any atom is -0.496 e. The van der Waals surface area contributed by atoms with Gasteiger partial charge in [0.15, 0.2) is 0 Å². The van der Waals surface area contributed by atoms with Gasteiger partial charge in [0.05, 0.1) is 19.1 Å². The molecule has 1 aliphatic heterocycles. The van der Waals surface area contributed by atoms with Gasteiger partial charge in [0.2, 0.25) is 5.91 Å². The number of benzene rings is 2. The maximum Gasteiger partial charge on any atom is 0.232 e. The fraction of sp³-hybridized carbons (Fsp3) is 0.350. The zero-order valence-electron chi connectivity index (χ0n) is 14.9. The first-order valence-electron chi connectivity index (χ1n) is 8.19. The number of amides is 1.